The Morgan fingerprint density at radius 3 is 2.70 bits per heavy atom. The normalized spacial score (nSPS) is 10.9. The smallest absolute Gasteiger partial charge is 0.148 e. The highest BCUT2D eigenvalue weighted by atomic mass is 19.1. The van der Waals surface area contributed by atoms with Gasteiger partial charge in [-0.2, -0.15) is 0 Å². The van der Waals surface area contributed by atoms with Crippen LogP contribution in [0.1, 0.15) is 19.7 Å². The quantitative estimate of drug-likeness (QED) is 0.911. The molecule has 0 radical (unpaired) electrons. The third-order valence-corrected chi connectivity index (χ3v) is 3.47. The second kappa shape index (κ2) is 5.94. The number of benzene rings is 1. The molecule has 1 N–H and O–H groups in total. The Kier molecular flexibility index (Phi) is 4.27. The number of halogens is 1. The van der Waals surface area contributed by atoms with Crippen LogP contribution >= 0.6 is 0 Å². The molecule has 1 aromatic heterocycles. The van der Waals surface area contributed by atoms with E-state index in [-0.39, 0.29) is 11.9 Å². The molecule has 0 fully saturated rings. The van der Waals surface area contributed by atoms with E-state index in [4.69, 9.17) is 0 Å². The van der Waals surface area contributed by atoms with Crippen molar-refractivity contribution < 1.29 is 4.39 Å². The molecule has 1 heterocycles. The summed E-state index contributed by atoms with van der Waals surface area (Å²) in [6, 6.07) is 5.48. The maximum Gasteiger partial charge on any atom is 0.148 e. The number of nitrogens with one attached hydrogen (secondary N) is 1. The largest absolute Gasteiger partial charge is 0.378 e. The summed E-state index contributed by atoms with van der Waals surface area (Å²) in [5.74, 6) is 0.694. The van der Waals surface area contributed by atoms with E-state index in [2.05, 4.69) is 10.3 Å². The zero-order valence-electron chi connectivity index (χ0n) is 12.4. The van der Waals surface area contributed by atoms with Gasteiger partial charge in [-0.05, 0) is 32.0 Å². The number of aryl methyl sites for hydroxylation is 1. The van der Waals surface area contributed by atoms with Crippen molar-refractivity contribution in [2.45, 2.75) is 26.4 Å². The molecule has 0 spiro atoms. The highest BCUT2D eigenvalue weighted by Gasteiger charge is 2.11. The fourth-order valence-electron chi connectivity index (χ4n) is 1.93. The van der Waals surface area contributed by atoms with Crippen LogP contribution in [0, 0.1) is 5.82 Å². The summed E-state index contributed by atoms with van der Waals surface area (Å²) in [6.45, 7) is 4.64. The standard InChI is InChI=1S/C15H21FN4/c1-11(2)20(4)14-6-5-12(9-13(14)16)18-10-15-17-7-8-19(15)3/h5-9,11,18H,10H2,1-4H3. The van der Waals surface area contributed by atoms with Crippen LogP contribution in [0.25, 0.3) is 0 Å². The molecule has 2 rings (SSSR count). The molecule has 4 nitrogen and oxygen atoms in total. The molecule has 5 heteroatoms. The van der Waals surface area contributed by atoms with E-state index in [0.29, 0.717) is 12.2 Å². The van der Waals surface area contributed by atoms with Crippen LogP contribution in [-0.2, 0) is 13.6 Å². The van der Waals surface area contributed by atoms with Gasteiger partial charge in [0, 0.05) is 38.2 Å². The monoisotopic (exact) mass is 276 g/mol. The molecule has 108 valence electrons. The van der Waals surface area contributed by atoms with Crippen LogP contribution in [0.3, 0.4) is 0 Å². The van der Waals surface area contributed by atoms with Gasteiger partial charge in [-0.25, -0.2) is 9.37 Å². The lowest BCUT2D eigenvalue weighted by Crippen LogP contribution is -2.26. The first kappa shape index (κ1) is 14.4. The maximum atomic E-state index is 14.1. The van der Waals surface area contributed by atoms with Crippen LogP contribution in [0.2, 0.25) is 0 Å². The lowest BCUT2D eigenvalue weighted by molar-refractivity contribution is 0.614. The first-order valence-corrected chi connectivity index (χ1v) is 6.71. The van der Waals surface area contributed by atoms with Gasteiger partial charge < -0.3 is 14.8 Å². The van der Waals surface area contributed by atoms with Crippen LogP contribution in [-0.4, -0.2) is 22.6 Å². The van der Waals surface area contributed by atoms with E-state index in [0.717, 1.165) is 11.5 Å². The Hall–Kier alpha value is -2.04. The molecule has 0 amide bonds. The number of hydrogen-bond acceptors (Lipinski definition) is 3. The molecule has 0 saturated carbocycles. The van der Waals surface area contributed by atoms with Crippen molar-refractivity contribution in [3.63, 3.8) is 0 Å². The minimum atomic E-state index is -0.217. The summed E-state index contributed by atoms with van der Waals surface area (Å²) < 4.78 is 16.0. The Balaban J connectivity index is 2.07. The van der Waals surface area contributed by atoms with E-state index in [1.807, 2.05) is 49.7 Å². The number of anilines is 2. The average Bonchev–Trinajstić information content (AvgIpc) is 2.81. The van der Waals surface area contributed by atoms with Gasteiger partial charge in [0.1, 0.15) is 11.6 Å². The fourth-order valence-corrected chi connectivity index (χ4v) is 1.93. The van der Waals surface area contributed by atoms with E-state index in [1.165, 1.54) is 6.07 Å². The highest BCUT2D eigenvalue weighted by Crippen LogP contribution is 2.23. The zero-order valence-corrected chi connectivity index (χ0v) is 12.4. The van der Waals surface area contributed by atoms with Gasteiger partial charge in [-0.15, -0.1) is 0 Å². The van der Waals surface area contributed by atoms with Crippen molar-refractivity contribution in [1.82, 2.24) is 9.55 Å². The molecule has 20 heavy (non-hydrogen) atoms. The van der Waals surface area contributed by atoms with Crippen molar-refractivity contribution in [3.8, 4) is 0 Å². The molecule has 0 saturated heterocycles. The molecule has 0 unspecified atom stereocenters. The molecule has 2 aromatic rings. The highest BCUT2D eigenvalue weighted by molar-refractivity contribution is 5.56. The predicted octanol–water partition coefficient (Wildman–Crippen LogP) is 3.02. The van der Waals surface area contributed by atoms with Crippen LogP contribution in [0.15, 0.2) is 30.6 Å². The van der Waals surface area contributed by atoms with Gasteiger partial charge in [0.15, 0.2) is 0 Å². The molecule has 0 bridgehead atoms. The van der Waals surface area contributed by atoms with Crippen molar-refractivity contribution in [2.75, 3.05) is 17.3 Å². The van der Waals surface area contributed by atoms with E-state index < -0.39 is 0 Å². The molecule has 1 aromatic carbocycles. The lowest BCUT2D eigenvalue weighted by atomic mass is 10.2. The molecular weight excluding hydrogens is 255 g/mol. The second-order valence-corrected chi connectivity index (χ2v) is 5.18. The second-order valence-electron chi connectivity index (χ2n) is 5.18. The summed E-state index contributed by atoms with van der Waals surface area (Å²) in [6.07, 6.45) is 3.64. The zero-order chi connectivity index (χ0) is 14.7. The van der Waals surface area contributed by atoms with Crippen LogP contribution in [0.4, 0.5) is 15.8 Å². The summed E-state index contributed by atoms with van der Waals surface area (Å²) in [4.78, 5) is 6.14. The van der Waals surface area contributed by atoms with Gasteiger partial charge in [0.05, 0.1) is 12.2 Å². The van der Waals surface area contributed by atoms with Crippen molar-refractivity contribution in [2.24, 2.45) is 7.05 Å². The number of aromatic nitrogens is 2. The minimum absolute atomic E-state index is 0.217. The van der Waals surface area contributed by atoms with Crippen molar-refractivity contribution in [1.29, 1.82) is 0 Å². The van der Waals surface area contributed by atoms with Crippen molar-refractivity contribution in [3.05, 3.63) is 42.2 Å². The average molecular weight is 276 g/mol. The third-order valence-electron chi connectivity index (χ3n) is 3.47. The van der Waals surface area contributed by atoms with Crippen LogP contribution < -0.4 is 10.2 Å². The Bertz CT molecular complexity index is 577. The topological polar surface area (TPSA) is 33.1 Å². The van der Waals surface area contributed by atoms with E-state index >= 15 is 0 Å². The first-order chi connectivity index (χ1) is 9.49. The number of imidazole rings is 1. The maximum absolute atomic E-state index is 14.1. The molecule has 0 atom stereocenters. The van der Waals surface area contributed by atoms with Gasteiger partial charge >= 0.3 is 0 Å². The van der Waals surface area contributed by atoms with Gasteiger partial charge in [0.25, 0.3) is 0 Å². The minimum Gasteiger partial charge on any atom is -0.378 e. The summed E-state index contributed by atoms with van der Waals surface area (Å²) >= 11 is 0. The Morgan fingerprint density at radius 2 is 2.15 bits per heavy atom. The van der Waals surface area contributed by atoms with Gasteiger partial charge in [0.2, 0.25) is 0 Å². The fraction of sp³-hybridized carbons (Fsp3) is 0.400. The predicted molar refractivity (Wildman–Crippen MR) is 80.5 cm³/mol. The van der Waals surface area contributed by atoms with Crippen LogP contribution in [0.5, 0.6) is 0 Å². The van der Waals surface area contributed by atoms with E-state index in [9.17, 15) is 4.39 Å². The Morgan fingerprint density at radius 1 is 1.40 bits per heavy atom. The first-order valence-electron chi connectivity index (χ1n) is 6.71. The summed E-state index contributed by atoms with van der Waals surface area (Å²) in [5, 5.41) is 3.18. The SMILES string of the molecule is CC(C)N(C)c1ccc(NCc2nccn2C)cc1F. The van der Waals surface area contributed by atoms with Crippen molar-refractivity contribution >= 4 is 11.4 Å². The Labute approximate surface area is 119 Å². The third kappa shape index (κ3) is 3.10. The molecule has 0 aliphatic heterocycles. The number of rotatable bonds is 5. The van der Waals surface area contributed by atoms with Gasteiger partial charge in [-0.1, -0.05) is 0 Å². The van der Waals surface area contributed by atoms with E-state index in [1.54, 1.807) is 12.3 Å². The summed E-state index contributed by atoms with van der Waals surface area (Å²) in [5.41, 5.74) is 1.37. The molecule has 0 aliphatic carbocycles. The van der Waals surface area contributed by atoms with Gasteiger partial charge in [-0.3, -0.25) is 0 Å². The number of nitrogens with zero attached hydrogens (tertiary/aromatic N) is 3. The molecular formula is C15H21FN4. The lowest BCUT2D eigenvalue weighted by Gasteiger charge is -2.24. The number of hydrogen-bond donors (Lipinski definition) is 1. The summed E-state index contributed by atoms with van der Waals surface area (Å²) in [7, 11) is 3.83. The molecule has 0 aliphatic rings.